The molecule has 0 aromatic heterocycles. The molecular weight excluding hydrogens is 151 g/mol. The Labute approximate surface area is 61.7 Å². The van der Waals surface area contributed by atoms with Crippen LogP contribution in [0.1, 0.15) is 10.4 Å². The average Bonchev–Trinajstić information content (AvgIpc) is 1.99. The molecule has 1 aromatic carbocycles. The van der Waals surface area contributed by atoms with E-state index in [4.69, 9.17) is 10.2 Å². The monoisotopic (exact) mass is 156 g/mol. The van der Waals surface area contributed by atoms with E-state index in [2.05, 4.69) is 0 Å². The van der Waals surface area contributed by atoms with Gasteiger partial charge in [-0.3, -0.25) is 4.79 Å². The van der Waals surface area contributed by atoms with E-state index < -0.39 is 22.9 Å². The molecule has 0 aliphatic carbocycles. The number of aldehydes is 1. The minimum Gasteiger partial charge on any atom is -0.507 e. The fraction of sp³-hybridized carbons (Fsp3) is 0. The minimum atomic E-state index is -1.10. The Kier molecular flexibility index (Phi) is 1.76. The number of phenols is 2. The van der Waals surface area contributed by atoms with E-state index in [-0.39, 0.29) is 6.29 Å². The number of benzene rings is 1. The number of carbonyl (C=O) groups excluding carboxylic acids is 1. The standard InChI is InChI=1S/C7H5FO3/c8-7-4(3-9)5(10)1-2-6(7)11/h1-3,10-11H. The summed E-state index contributed by atoms with van der Waals surface area (Å²) in [5.74, 6) is -2.22. The van der Waals surface area contributed by atoms with E-state index in [1.54, 1.807) is 0 Å². The third kappa shape index (κ3) is 1.14. The van der Waals surface area contributed by atoms with Crippen LogP contribution in [0, 0.1) is 5.82 Å². The van der Waals surface area contributed by atoms with Crippen molar-refractivity contribution in [2.45, 2.75) is 0 Å². The van der Waals surface area contributed by atoms with E-state index >= 15 is 0 Å². The molecule has 3 nitrogen and oxygen atoms in total. The number of hydrogen-bond donors (Lipinski definition) is 2. The molecule has 0 atom stereocenters. The highest BCUT2D eigenvalue weighted by Gasteiger charge is 2.10. The molecule has 0 saturated carbocycles. The van der Waals surface area contributed by atoms with Crippen LogP contribution in [-0.2, 0) is 0 Å². The van der Waals surface area contributed by atoms with Crippen LogP contribution >= 0.6 is 0 Å². The van der Waals surface area contributed by atoms with Gasteiger partial charge >= 0.3 is 0 Å². The molecule has 2 N–H and O–H groups in total. The lowest BCUT2D eigenvalue weighted by Gasteiger charge is -1.99. The fourth-order valence-electron chi connectivity index (χ4n) is 0.683. The maximum Gasteiger partial charge on any atom is 0.179 e. The van der Waals surface area contributed by atoms with Gasteiger partial charge in [-0.05, 0) is 12.1 Å². The first kappa shape index (κ1) is 7.53. The van der Waals surface area contributed by atoms with Gasteiger partial charge in [0, 0.05) is 0 Å². The number of halogens is 1. The van der Waals surface area contributed by atoms with Crippen molar-refractivity contribution in [2.24, 2.45) is 0 Å². The highest BCUT2D eigenvalue weighted by atomic mass is 19.1. The predicted octanol–water partition coefficient (Wildman–Crippen LogP) is 1.05. The first-order valence-corrected chi connectivity index (χ1v) is 2.82. The van der Waals surface area contributed by atoms with Crippen LogP contribution in [0.15, 0.2) is 12.1 Å². The Bertz CT molecular complexity index is 296. The lowest BCUT2D eigenvalue weighted by Crippen LogP contribution is -1.88. The molecule has 0 saturated heterocycles. The highest BCUT2D eigenvalue weighted by molar-refractivity contribution is 5.80. The van der Waals surface area contributed by atoms with Gasteiger partial charge in [0.2, 0.25) is 0 Å². The van der Waals surface area contributed by atoms with Crippen molar-refractivity contribution in [1.29, 1.82) is 0 Å². The first-order chi connectivity index (χ1) is 5.16. The summed E-state index contributed by atoms with van der Waals surface area (Å²) in [6, 6.07) is 2.01. The smallest absolute Gasteiger partial charge is 0.179 e. The van der Waals surface area contributed by atoms with Crippen molar-refractivity contribution in [3.05, 3.63) is 23.5 Å². The van der Waals surface area contributed by atoms with Gasteiger partial charge in [0.1, 0.15) is 5.75 Å². The van der Waals surface area contributed by atoms with Gasteiger partial charge in [-0.1, -0.05) is 0 Å². The SMILES string of the molecule is O=Cc1c(O)ccc(O)c1F. The van der Waals surface area contributed by atoms with Crippen molar-refractivity contribution in [3.8, 4) is 11.5 Å². The summed E-state index contributed by atoms with van der Waals surface area (Å²) >= 11 is 0. The second-order valence-electron chi connectivity index (χ2n) is 1.95. The molecule has 0 heterocycles. The maximum absolute atomic E-state index is 12.6. The van der Waals surface area contributed by atoms with Gasteiger partial charge in [0.25, 0.3) is 0 Å². The molecule has 1 aromatic rings. The molecule has 0 radical (unpaired) electrons. The van der Waals surface area contributed by atoms with Crippen molar-refractivity contribution < 1.29 is 19.4 Å². The lowest BCUT2D eigenvalue weighted by atomic mass is 10.2. The number of carbonyl (C=O) groups is 1. The molecule has 0 bridgehead atoms. The van der Waals surface area contributed by atoms with Gasteiger partial charge in [0.15, 0.2) is 17.9 Å². The van der Waals surface area contributed by atoms with Crippen molar-refractivity contribution >= 4 is 6.29 Å². The summed E-state index contributed by atoms with van der Waals surface area (Å²) in [4.78, 5) is 10.1. The highest BCUT2D eigenvalue weighted by Crippen LogP contribution is 2.25. The van der Waals surface area contributed by atoms with Crippen molar-refractivity contribution in [2.75, 3.05) is 0 Å². The zero-order chi connectivity index (χ0) is 8.43. The molecule has 0 amide bonds. The maximum atomic E-state index is 12.6. The molecule has 0 fully saturated rings. The number of hydrogen-bond acceptors (Lipinski definition) is 3. The summed E-state index contributed by atoms with van der Waals surface area (Å²) in [7, 11) is 0. The van der Waals surface area contributed by atoms with E-state index in [0.717, 1.165) is 12.1 Å². The Morgan fingerprint density at radius 1 is 1.27 bits per heavy atom. The zero-order valence-electron chi connectivity index (χ0n) is 5.41. The van der Waals surface area contributed by atoms with Gasteiger partial charge in [-0.15, -0.1) is 0 Å². The largest absolute Gasteiger partial charge is 0.507 e. The van der Waals surface area contributed by atoms with Crippen LogP contribution in [0.4, 0.5) is 4.39 Å². The third-order valence-corrected chi connectivity index (χ3v) is 1.25. The average molecular weight is 156 g/mol. The molecule has 0 unspecified atom stereocenters. The quantitative estimate of drug-likeness (QED) is 0.472. The molecule has 4 heteroatoms. The summed E-state index contributed by atoms with van der Waals surface area (Å²) in [6.45, 7) is 0. The molecule has 58 valence electrons. The molecule has 0 aliphatic heterocycles. The van der Waals surface area contributed by atoms with Crippen LogP contribution in [0.25, 0.3) is 0 Å². The van der Waals surface area contributed by atoms with Gasteiger partial charge in [0.05, 0.1) is 5.56 Å². The Balaban J connectivity index is 3.40. The normalized spacial score (nSPS) is 9.55. The predicted molar refractivity (Wildman–Crippen MR) is 35.1 cm³/mol. The number of rotatable bonds is 1. The third-order valence-electron chi connectivity index (χ3n) is 1.25. The van der Waals surface area contributed by atoms with Crippen LogP contribution in [0.5, 0.6) is 11.5 Å². The fourth-order valence-corrected chi connectivity index (χ4v) is 0.683. The second kappa shape index (κ2) is 2.57. The first-order valence-electron chi connectivity index (χ1n) is 2.82. The van der Waals surface area contributed by atoms with Crippen LogP contribution in [0.3, 0.4) is 0 Å². The molecule has 1 rings (SSSR count). The molecule has 0 spiro atoms. The molecule has 11 heavy (non-hydrogen) atoms. The number of aromatic hydroxyl groups is 2. The van der Waals surface area contributed by atoms with Gasteiger partial charge in [-0.25, -0.2) is 4.39 Å². The Hall–Kier alpha value is -1.58. The van der Waals surface area contributed by atoms with E-state index in [9.17, 15) is 9.18 Å². The van der Waals surface area contributed by atoms with Crippen molar-refractivity contribution in [1.82, 2.24) is 0 Å². The summed E-state index contributed by atoms with van der Waals surface area (Å²) < 4.78 is 12.6. The molecule has 0 aliphatic rings. The Morgan fingerprint density at radius 2 is 1.82 bits per heavy atom. The zero-order valence-corrected chi connectivity index (χ0v) is 5.41. The van der Waals surface area contributed by atoms with E-state index in [0.29, 0.717) is 0 Å². The number of phenolic OH excluding ortho intramolecular Hbond substituents is 2. The summed E-state index contributed by atoms with van der Waals surface area (Å²) in [5, 5.41) is 17.5. The second-order valence-corrected chi connectivity index (χ2v) is 1.95. The van der Waals surface area contributed by atoms with Crippen molar-refractivity contribution in [3.63, 3.8) is 0 Å². The molecular formula is C7H5FO3. The Morgan fingerprint density at radius 3 is 2.27 bits per heavy atom. The summed E-state index contributed by atoms with van der Waals surface area (Å²) in [6.07, 6.45) is 0.143. The minimum absolute atomic E-state index is 0.143. The summed E-state index contributed by atoms with van der Waals surface area (Å²) in [5.41, 5.74) is -0.523. The van der Waals surface area contributed by atoms with Crippen LogP contribution in [-0.4, -0.2) is 16.5 Å². The van der Waals surface area contributed by atoms with Crippen LogP contribution < -0.4 is 0 Å². The van der Waals surface area contributed by atoms with E-state index in [1.165, 1.54) is 0 Å². The topological polar surface area (TPSA) is 57.5 Å². The van der Waals surface area contributed by atoms with E-state index in [1.807, 2.05) is 0 Å². The van der Waals surface area contributed by atoms with Crippen LogP contribution in [0.2, 0.25) is 0 Å². The lowest BCUT2D eigenvalue weighted by molar-refractivity contribution is 0.111. The van der Waals surface area contributed by atoms with Gasteiger partial charge < -0.3 is 10.2 Å². The van der Waals surface area contributed by atoms with Gasteiger partial charge in [-0.2, -0.15) is 0 Å².